The highest BCUT2D eigenvalue weighted by Gasteiger charge is 2.29. The number of methoxy groups -OCH3 is 1. The van der Waals surface area contributed by atoms with Gasteiger partial charge in [-0.15, -0.1) is 0 Å². The van der Waals surface area contributed by atoms with Gasteiger partial charge in [-0.25, -0.2) is 0 Å². The van der Waals surface area contributed by atoms with Gasteiger partial charge in [0.2, 0.25) is 0 Å². The van der Waals surface area contributed by atoms with Crippen LogP contribution in [0.3, 0.4) is 0 Å². The maximum atomic E-state index is 6.16. The lowest BCUT2D eigenvalue weighted by Crippen LogP contribution is -2.46. The van der Waals surface area contributed by atoms with Crippen LogP contribution in [0.5, 0.6) is 5.75 Å². The van der Waals surface area contributed by atoms with E-state index in [9.17, 15) is 0 Å². The first-order chi connectivity index (χ1) is 8.52. The molecular weight excluding hydrogens is 224 g/mol. The van der Waals surface area contributed by atoms with E-state index in [0.29, 0.717) is 12.0 Å². The number of piperidine rings is 1. The molecular formula is C15H24N2O. The molecule has 100 valence electrons. The molecule has 18 heavy (non-hydrogen) atoms. The minimum absolute atomic E-state index is 0.539. The Hall–Kier alpha value is -1.38. The normalized spacial score (nSPS) is 28.2. The first-order valence-electron chi connectivity index (χ1n) is 6.73. The van der Waals surface area contributed by atoms with Crippen molar-refractivity contribution in [1.82, 2.24) is 0 Å². The second kappa shape index (κ2) is 5.09. The standard InChI is InChI=1S/C15H24N2O/c1-10-7-11(2)12(3)17(9-10)15-6-5-13(18-4)8-14(15)16/h5-6,8,10-12H,7,9,16H2,1-4H3. The van der Waals surface area contributed by atoms with Crippen LogP contribution in [0.1, 0.15) is 27.2 Å². The van der Waals surface area contributed by atoms with E-state index in [-0.39, 0.29) is 0 Å². The molecule has 0 radical (unpaired) electrons. The quantitative estimate of drug-likeness (QED) is 0.817. The minimum Gasteiger partial charge on any atom is -0.497 e. The summed E-state index contributed by atoms with van der Waals surface area (Å²) in [7, 11) is 1.67. The van der Waals surface area contributed by atoms with Gasteiger partial charge in [-0.2, -0.15) is 0 Å². The van der Waals surface area contributed by atoms with Crippen molar-refractivity contribution in [3.05, 3.63) is 18.2 Å². The van der Waals surface area contributed by atoms with Gasteiger partial charge in [0.05, 0.1) is 18.5 Å². The first kappa shape index (κ1) is 13.1. The molecule has 0 spiro atoms. The van der Waals surface area contributed by atoms with Crippen LogP contribution in [0.15, 0.2) is 18.2 Å². The van der Waals surface area contributed by atoms with Crippen molar-refractivity contribution in [2.24, 2.45) is 11.8 Å². The van der Waals surface area contributed by atoms with E-state index in [0.717, 1.165) is 29.6 Å². The maximum absolute atomic E-state index is 6.16. The van der Waals surface area contributed by atoms with Gasteiger partial charge in [-0.05, 0) is 37.3 Å². The van der Waals surface area contributed by atoms with E-state index in [4.69, 9.17) is 10.5 Å². The molecule has 3 nitrogen and oxygen atoms in total. The van der Waals surface area contributed by atoms with E-state index >= 15 is 0 Å². The van der Waals surface area contributed by atoms with Crippen molar-refractivity contribution in [2.45, 2.75) is 33.2 Å². The molecule has 0 amide bonds. The fraction of sp³-hybridized carbons (Fsp3) is 0.600. The monoisotopic (exact) mass is 248 g/mol. The second-order valence-electron chi connectivity index (χ2n) is 5.64. The zero-order chi connectivity index (χ0) is 13.3. The van der Waals surface area contributed by atoms with E-state index in [1.54, 1.807) is 7.11 Å². The van der Waals surface area contributed by atoms with Crippen molar-refractivity contribution in [1.29, 1.82) is 0 Å². The predicted octanol–water partition coefficient (Wildman–Crippen LogP) is 3.15. The third kappa shape index (κ3) is 2.40. The van der Waals surface area contributed by atoms with E-state index < -0.39 is 0 Å². The molecule has 0 aliphatic carbocycles. The highest BCUT2D eigenvalue weighted by molar-refractivity contribution is 5.70. The predicted molar refractivity (Wildman–Crippen MR) is 77.2 cm³/mol. The third-order valence-electron chi connectivity index (χ3n) is 4.14. The van der Waals surface area contributed by atoms with Crippen molar-refractivity contribution in [3.63, 3.8) is 0 Å². The Bertz CT molecular complexity index is 419. The number of anilines is 2. The molecule has 0 saturated carbocycles. The number of rotatable bonds is 2. The van der Waals surface area contributed by atoms with Gasteiger partial charge in [0.25, 0.3) is 0 Å². The number of hydrogen-bond donors (Lipinski definition) is 1. The van der Waals surface area contributed by atoms with Crippen LogP contribution in [0.2, 0.25) is 0 Å². The Kier molecular flexibility index (Phi) is 3.69. The summed E-state index contributed by atoms with van der Waals surface area (Å²) < 4.78 is 5.21. The third-order valence-corrected chi connectivity index (χ3v) is 4.14. The average molecular weight is 248 g/mol. The Labute approximate surface area is 110 Å². The lowest BCUT2D eigenvalue weighted by atomic mass is 9.85. The lowest BCUT2D eigenvalue weighted by Gasteiger charge is -2.43. The maximum Gasteiger partial charge on any atom is 0.121 e. The van der Waals surface area contributed by atoms with Crippen LogP contribution < -0.4 is 15.4 Å². The number of nitrogens with two attached hydrogens (primary N) is 1. The van der Waals surface area contributed by atoms with Crippen molar-refractivity contribution in [2.75, 3.05) is 24.3 Å². The lowest BCUT2D eigenvalue weighted by molar-refractivity contribution is 0.297. The molecule has 3 unspecified atom stereocenters. The van der Waals surface area contributed by atoms with Gasteiger partial charge in [0.1, 0.15) is 5.75 Å². The number of hydrogen-bond acceptors (Lipinski definition) is 3. The van der Waals surface area contributed by atoms with E-state index in [2.05, 4.69) is 31.7 Å². The fourth-order valence-corrected chi connectivity index (χ4v) is 2.95. The summed E-state index contributed by atoms with van der Waals surface area (Å²) in [5.41, 5.74) is 8.11. The van der Waals surface area contributed by atoms with Crippen LogP contribution in [-0.2, 0) is 0 Å². The topological polar surface area (TPSA) is 38.5 Å². The highest BCUT2D eigenvalue weighted by Crippen LogP contribution is 2.35. The van der Waals surface area contributed by atoms with Crippen LogP contribution in [0, 0.1) is 11.8 Å². The Morgan fingerprint density at radius 3 is 2.61 bits per heavy atom. The van der Waals surface area contributed by atoms with Gasteiger partial charge in [-0.1, -0.05) is 13.8 Å². The van der Waals surface area contributed by atoms with Gasteiger partial charge in [0, 0.05) is 18.7 Å². The molecule has 2 rings (SSSR count). The van der Waals surface area contributed by atoms with Crippen LogP contribution in [-0.4, -0.2) is 19.7 Å². The molecule has 0 bridgehead atoms. The molecule has 1 aliphatic rings. The number of nitrogen functional groups attached to an aromatic ring is 1. The molecule has 1 saturated heterocycles. The molecule has 1 aromatic carbocycles. The summed E-state index contributed by atoms with van der Waals surface area (Å²) in [6.07, 6.45) is 1.30. The Morgan fingerprint density at radius 2 is 2.00 bits per heavy atom. The summed E-state index contributed by atoms with van der Waals surface area (Å²) >= 11 is 0. The van der Waals surface area contributed by atoms with Crippen molar-refractivity contribution >= 4 is 11.4 Å². The Balaban J connectivity index is 2.29. The highest BCUT2D eigenvalue weighted by atomic mass is 16.5. The molecule has 3 atom stereocenters. The summed E-state index contributed by atoms with van der Waals surface area (Å²) in [6, 6.07) is 6.51. The molecule has 1 aromatic rings. The number of ether oxygens (including phenoxy) is 1. The number of benzene rings is 1. The molecule has 2 N–H and O–H groups in total. The fourth-order valence-electron chi connectivity index (χ4n) is 2.95. The summed E-state index contributed by atoms with van der Waals surface area (Å²) in [6.45, 7) is 8.02. The summed E-state index contributed by atoms with van der Waals surface area (Å²) in [5.74, 6) is 2.25. The van der Waals surface area contributed by atoms with Crippen molar-refractivity contribution in [3.8, 4) is 5.75 Å². The molecule has 3 heteroatoms. The van der Waals surface area contributed by atoms with Gasteiger partial charge in [-0.3, -0.25) is 0 Å². The molecule has 0 aromatic heterocycles. The van der Waals surface area contributed by atoms with Crippen LogP contribution in [0.4, 0.5) is 11.4 Å². The first-order valence-corrected chi connectivity index (χ1v) is 6.73. The second-order valence-corrected chi connectivity index (χ2v) is 5.64. The van der Waals surface area contributed by atoms with E-state index in [1.807, 2.05) is 12.1 Å². The average Bonchev–Trinajstić information content (AvgIpc) is 2.34. The summed E-state index contributed by atoms with van der Waals surface area (Å²) in [5, 5.41) is 0. The zero-order valence-corrected chi connectivity index (χ0v) is 11.8. The Morgan fingerprint density at radius 1 is 1.28 bits per heavy atom. The summed E-state index contributed by atoms with van der Waals surface area (Å²) in [4.78, 5) is 2.44. The SMILES string of the molecule is COc1ccc(N2CC(C)CC(C)C2C)c(N)c1. The zero-order valence-electron chi connectivity index (χ0n) is 11.8. The van der Waals surface area contributed by atoms with E-state index in [1.165, 1.54) is 6.42 Å². The van der Waals surface area contributed by atoms with Gasteiger partial charge >= 0.3 is 0 Å². The van der Waals surface area contributed by atoms with Crippen LogP contribution >= 0.6 is 0 Å². The van der Waals surface area contributed by atoms with Crippen LogP contribution in [0.25, 0.3) is 0 Å². The molecule has 1 aliphatic heterocycles. The smallest absolute Gasteiger partial charge is 0.121 e. The van der Waals surface area contributed by atoms with Gasteiger partial charge < -0.3 is 15.4 Å². The minimum atomic E-state index is 0.539. The number of nitrogens with zero attached hydrogens (tertiary/aromatic N) is 1. The molecule has 1 heterocycles. The van der Waals surface area contributed by atoms with Crippen molar-refractivity contribution < 1.29 is 4.74 Å². The largest absolute Gasteiger partial charge is 0.497 e. The molecule has 1 fully saturated rings. The van der Waals surface area contributed by atoms with Gasteiger partial charge in [0.15, 0.2) is 0 Å².